The fourth-order valence-corrected chi connectivity index (χ4v) is 3.72. The first-order chi connectivity index (χ1) is 18.3. The summed E-state index contributed by atoms with van der Waals surface area (Å²) >= 11 is 0. The van der Waals surface area contributed by atoms with Gasteiger partial charge in [0.2, 0.25) is 11.8 Å². The van der Waals surface area contributed by atoms with Crippen molar-refractivity contribution in [3.63, 3.8) is 0 Å². The first-order valence-corrected chi connectivity index (χ1v) is 12.5. The van der Waals surface area contributed by atoms with Gasteiger partial charge in [-0.05, 0) is 59.0 Å². The van der Waals surface area contributed by atoms with E-state index in [0.29, 0.717) is 41.1 Å². The van der Waals surface area contributed by atoms with Gasteiger partial charge in [0.15, 0.2) is 11.5 Å². The molecule has 3 aromatic carbocycles. The number of hydrogen-bond acceptors (Lipinski definition) is 6. The summed E-state index contributed by atoms with van der Waals surface area (Å²) in [5.74, 6) is 2.39. The number of nitrogens with one attached hydrogen (secondary N) is 2. The molecule has 2 N–H and O–H groups in total. The van der Waals surface area contributed by atoms with E-state index in [0.717, 1.165) is 11.1 Å². The second-order valence-electron chi connectivity index (χ2n) is 9.23. The molecule has 0 fully saturated rings. The highest BCUT2D eigenvalue weighted by Gasteiger charge is 2.20. The lowest BCUT2D eigenvalue weighted by atomic mass is 10.1. The summed E-state index contributed by atoms with van der Waals surface area (Å²) in [5, 5.41) is 5.90. The molecule has 8 heteroatoms. The van der Waals surface area contributed by atoms with E-state index in [1.807, 2.05) is 30.3 Å². The van der Waals surface area contributed by atoms with Gasteiger partial charge < -0.3 is 29.6 Å². The molecule has 2 amide bonds. The van der Waals surface area contributed by atoms with Crippen molar-refractivity contribution in [1.29, 1.82) is 0 Å². The Morgan fingerprint density at radius 2 is 1.18 bits per heavy atom. The standard InChI is InChI=1S/C30H36N2O6/c1-20(2)19-38-26-15-10-23(18-27(26)37-5)30(31-28(33)16-21-6-11-24(35-3)12-7-21)32-29(34)17-22-8-13-25(36-4)14-9-22/h6-15,18,20,30H,16-17,19H2,1-5H3,(H,31,33)(H,32,34). The van der Waals surface area contributed by atoms with Crippen LogP contribution < -0.4 is 29.6 Å². The molecule has 0 heterocycles. The molecule has 0 bridgehead atoms. The highest BCUT2D eigenvalue weighted by atomic mass is 16.5. The maximum absolute atomic E-state index is 13.0. The zero-order valence-electron chi connectivity index (χ0n) is 22.6. The molecular formula is C30H36N2O6. The predicted molar refractivity (Wildman–Crippen MR) is 146 cm³/mol. The van der Waals surface area contributed by atoms with Crippen LogP contribution in [-0.2, 0) is 22.4 Å². The SMILES string of the molecule is COc1ccc(CC(=O)NC(NC(=O)Cc2ccc(OC)cc2)c2ccc(OCC(C)C)c(OC)c2)cc1. The van der Waals surface area contributed by atoms with Crippen LogP contribution in [0, 0.1) is 5.92 Å². The topological polar surface area (TPSA) is 95.1 Å². The Morgan fingerprint density at radius 1 is 0.684 bits per heavy atom. The van der Waals surface area contributed by atoms with Gasteiger partial charge in [-0.3, -0.25) is 9.59 Å². The van der Waals surface area contributed by atoms with Crippen LogP contribution in [0.2, 0.25) is 0 Å². The van der Waals surface area contributed by atoms with Gasteiger partial charge in [-0.15, -0.1) is 0 Å². The van der Waals surface area contributed by atoms with Crippen LogP contribution in [0.5, 0.6) is 23.0 Å². The zero-order chi connectivity index (χ0) is 27.5. The Hall–Kier alpha value is -4.20. The Labute approximate surface area is 224 Å². The lowest BCUT2D eigenvalue weighted by molar-refractivity contribution is -0.123. The number of benzene rings is 3. The van der Waals surface area contributed by atoms with E-state index in [1.54, 1.807) is 57.7 Å². The van der Waals surface area contributed by atoms with Crippen molar-refractivity contribution in [2.45, 2.75) is 32.9 Å². The van der Waals surface area contributed by atoms with E-state index in [1.165, 1.54) is 0 Å². The van der Waals surface area contributed by atoms with Crippen molar-refractivity contribution in [2.75, 3.05) is 27.9 Å². The van der Waals surface area contributed by atoms with E-state index in [-0.39, 0.29) is 24.7 Å². The summed E-state index contributed by atoms with van der Waals surface area (Å²) in [5.41, 5.74) is 2.30. The average molecular weight is 521 g/mol. The molecule has 8 nitrogen and oxygen atoms in total. The van der Waals surface area contributed by atoms with Gasteiger partial charge in [0.25, 0.3) is 0 Å². The first kappa shape index (κ1) is 28.4. The number of carbonyl (C=O) groups is 2. The third-order valence-electron chi connectivity index (χ3n) is 5.75. The number of ether oxygens (including phenoxy) is 4. The molecule has 0 unspecified atom stereocenters. The molecule has 202 valence electrons. The second-order valence-corrected chi connectivity index (χ2v) is 9.23. The molecule has 0 atom stereocenters. The number of hydrogen-bond donors (Lipinski definition) is 2. The quantitative estimate of drug-likeness (QED) is 0.323. The molecule has 38 heavy (non-hydrogen) atoms. The lowest BCUT2D eigenvalue weighted by Gasteiger charge is -2.22. The highest BCUT2D eigenvalue weighted by molar-refractivity contribution is 5.82. The third kappa shape index (κ3) is 8.44. The Kier molecular flexibility index (Phi) is 10.4. The minimum atomic E-state index is -0.778. The lowest BCUT2D eigenvalue weighted by Crippen LogP contribution is -2.42. The largest absolute Gasteiger partial charge is 0.497 e. The van der Waals surface area contributed by atoms with Crippen molar-refractivity contribution >= 4 is 11.8 Å². The smallest absolute Gasteiger partial charge is 0.226 e. The van der Waals surface area contributed by atoms with Crippen molar-refractivity contribution in [2.24, 2.45) is 5.92 Å². The summed E-state index contributed by atoms with van der Waals surface area (Å²) in [6.45, 7) is 4.66. The molecule has 0 aliphatic carbocycles. The van der Waals surface area contributed by atoms with E-state index >= 15 is 0 Å². The molecule has 3 rings (SSSR count). The van der Waals surface area contributed by atoms with Gasteiger partial charge in [-0.2, -0.15) is 0 Å². The number of rotatable bonds is 13. The predicted octanol–water partition coefficient (Wildman–Crippen LogP) is 4.46. The van der Waals surface area contributed by atoms with Crippen molar-refractivity contribution < 1.29 is 28.5 Å². The van der Waals surface area contributed by atoms with Gasteiger partial charge >= 0.3 is 0 Å². The van der Waals surface area contributed by atoms with Crippen molar-refractivity contribution in [3.05, 3.63) is 83.4 Å². The fraction of sp³-hybridized carbons (Fsp3) is 0.333. The van der Waals surface area contributed by atoms with Crippen LogP contribution in [0.15, 0.2) is 66.7 Å². The Morgan fingerprint density at radius 3 is 1.61 bits per heavy atom. The van der Waals surface area contributed by atoms with Crippen molar-refractivity contribution in [3.8, 4) is 23.0 Å². The molecule has 3 aromatic rings. The summed E-state index contributed by atoms with van der Waals surface area (Å²) < 4.78 is 21.8. The average Bonchev–Trinajstić information content (AvgIpc) is 2.92. The summed E-state index contributed by atoms with van der Waals surface area (Å²) in [6, 6.07) is 19.9. The van der Waals surface area contributed by atoms with Gasteiger partial charge in [0.05, 0.1) is 40.8 Å². The van der Waals surface area contributed by atoms with Gasteiger partial charge in [0, 0.05) is 0 Å². The van der Waals surface area contributed by atoms with Crippen LogP contribution in [0.4, 0.5) is 0 Å². The second kappa shape index (κ2) is 13.9. The van der Waals surface area contributed by atoms with E-state index in [9.17, 15) is 9.59 Å². The maximum Gasteiger partial charge on any atom is 0.226 e. The van der Waals surface area contributed by atoms with Crippen molar-refractivity contribution in [1.82, 2.24) is 10.6 Å². The van der Waals surface area contributed by atoms with Gasteiger partial charge in [0.1, 0.15) is 17.7 Å². The minimum absolute atomic E-state index is 0.140. The highest BCUT2D eigenvalue weighted by Crippen LogP contribution is 2.30. The molecule has 0 radical (unpaired) electrons. The Balaban J connectivity index is 1.79. The molecule has 0 aliphatic heterocycles. The van der Waals surface area contributed by atoms with E-state index < -0.39 is 6.17 Å². The monoisotopic (exact) mass is 520 g/mol. The normalized spacial score (nSPS) is 10.7. The summed E-state index contributed by atoms with van der Waals surface area (Å²) in [7, 11) is 4.74. The van der Waals surface area contributed by atoms with E-state index in [2.05, 4.69) is 24.5 Å². The van der Waals surface area contributed by atoms with Crippen LogP contribution in [0.1, 0.15) is 36.7 Å². The first-order valence-electron chi connectivity index (χ1n) is 12.5. The molecule has 0 aromatic heterocycles. The molecule has 0 aliphatic rings. The molecule has 0 saturated heterocycles. The number of carbonyl (C=O) groups excluding carboxylic acids is 2. The molecule has 0 saturated carbocycles. The summed E-state index contributed by atoms with van der Waals surface area (Å²) in [6.07, 6.45) is -0.497. The van der Waals surface area contributed by atoms with Crippen LogP contribution >= 0.6 is 0 Å². The minimum Gasteiger partial charge on any atom is -0.497 e. The van der Waals surface area contributed by atoms with Crippen LogP contribution in [0.25, 0.3) is 0 Å². The number of amides is 2. The van der Waals surface area contributed by atoms with Crippen LogP contribution in [0.3, 0.4) is 0 Å². The molecular weight excluding hydrogens is 484 g/mol. The van der Waals surface area contributed by atoms with Gasteiger partial charge in [-0.25, -0.2) is 0 Å². The summed E-state index contributed by atoms with van der Waals surface area (Å²) in [4.78, 5) is 26.0. The Bertz CT molecular complexity index is 1130. The number of methoxy groups -OCH3 is 3. The van der Waals surface area contributed by atoms with E-state index in [4.69, 9.17) is 18.9 Å². The maximum atomic E-state index is 13.0. The fourth-order valence-electron chi connectivity index (χ4n) is 3.72. The van der Waals surface area contributed by atoms with Gasteiger partial charge in [-0.1, -0.05) is 44.2 Å². The zero-order valence-corrected chi connectivity index (χ0v) is 22.6. The van der Waals surface area contributed by atoms with Crippen LogP contribution in [-0.4, -0.2) is 39.8 Å². The third-order valence-corrected chi connectivity index (χ3v) is 5.75. The molecule has 0 spiro atoms.